The van der Waals surface area contributed by atoms with Gasteiger partial charge in [0.25, 0.3) is 0 Å². The Morgan fingerprint density at radius 3 is 3.05 bits per heavy atom. The molecule has 2 rings (SSSR count). The van der Waals surface area contributed by atoms with Crippen LogP contribution in [0.1, 0.15) is 23.7 Å². The van der Waals surface area contributed by atoms with Crippen LogP contribution in [-0.4, -0.2) is 30.8 Å². The minimum Gasteiger partial charge on any atom is -0.478 e. The zero-order valence-electron chi connectivity index (χ0n) is 10.2. The Morgan fingerprint density at radius 1 is 1.58 bits per heavy atom. The monoisotopic (exact) mass is 280 g/mol. The van der Waals surface area contributed by atoms with Crippen molar-refractivity contribution in [1.29, 1.82) is 0 Å². The van der Waals surface area contributed by atoms with E-state index in [4.69, 9.17) is 5.11 Å². The molecule has 0 saturated heterocycles. The van der Waals surface area contributed by atoms with E-state index in [1.54, 1.807) is 6.07 Å². The Morgan fingerprint density at radius 2 is 2.37 bits per heavy atom. The summed E-state index contributed by atoms with van der Waals surface area (Å²) in [5.74, 6) is -1.06. The standard InChI is InChI=1S/C11H12N4O3S/c1-2-5-15-10(18)13-14-11(15)19-8-3-4-12-6-7(8)9(16)17/h3-4,6H,2,5H2,1H3,(H,13,18)(H,16,17). The molecule has 2 heterocycles. The maximum atomic E-state index is 11.5. The Hall–Kier alpha value is -2.09. The largest absolute Gasteiger partial charge is 0.478 e. The van der Waals surface area contributed by atoms with Gasteiger partial charge in [-0.2, -0.15) is 0 Å². The van der Waals surface area contributed by atoms with Crippen molar-refractivity contribution in [1.82, 2.24) is 19.7 Å². The number of hydrogen-bond donors (Lipinski definition) is 2. The minimum absolute atomic E-state index is 0.0889. The Labute approximate surface area is 112 Å². The third-order valence-corrected chi connectivity index (χ3v) is 3.45. The van der Waals surface area contributed by atoms with E-state index in [1.807, 2.05) is 6.92 Å². The van der Waals surface area contributed by atoms with Crippen molar-refractivity contribution in [2.75, 3.05) is 0 Å². The fourth-order valence-electron chi connectivity index (χ4n) is 1.53. The second-order valence-electron chi connectivity index (χ2n) is 3.74. The molecule has 19 heavy (non-hydrogen) atoms. The highest BCUT2D eigenvalue weighted by Crippen LogP contribution is 2.27. The number of carbonyl (C=O) groups is 1. The van der Waals surface area contributed by atoms with Gasteiger partial charge in [-0.1, -0.05) is 6.92 Å². The quantitative estimate of drug-likeness (QED) is 0.854. The lowest BCUT2D eigenvalue weighted by molar-refractivity contribution is 0.0692. The highest BCUT2D eigenvalue weighted by Gasteiger charge is 2.15. The number of aromatic amines is 1. The van der Waals surface area contributed by atoms with E-state index in [2.05, 4.69) is 15.2 Å². The first-order valence-electron chi connectivity index (χ1n) is 5.63. The predicted molar refractivity (Wildman–Crippen MR) is 68.5 cm³/mol. The SMILES string of the molecule is CCCn1c(Sc2ccncc2C(=O)O)n[nH]c1=O. The molecule has 2 aromatic rings. The number of aromatic nitrogens is 4. The summed E-state index contributed by atoms with van der Waals surface area (Å²) in [5.41, 5.74) is -0.207. The van der Waals surface area contributed by atoms with Gasteiger partial charge in [0.05, 0.1) is 5.56 Å². The molecule has 2 N–H and O–H groups in total. The number of aromatic carboxylic acids is 1. The molecule has 0 fully saturated rings. The van der Waals surface area contributed by atoms with Gasteiger partial charge in [-0.3, -0.25) is 9.55 Å². The number of carboxylic acid groups (broad SMARTS) is 1. The summed E-state index contributed by atoms with van der Waals surface area (Å²) >= 11 is 1.13. The molecule has 0 aromatic carbocycles. The molecule has 0 bridgehead atoms. The number of nitrogens with one attached hydrogen (secondary N) is 1. The van der Waals surface area contributed by atoms with E-state index in [9.17, 15) is 9.59 Å². The average molecular weight is 280 g/mol. The molecule has 0 saturated carbocycles. The lowest BCUT2D eigenvalue weighted by Crippen LogP contribution is -2.17. The van der Waals surface area contributed by atoms with Gasteiger partial charge in [-0.25, -0.2) is 14.7 Å². The topological polar surface area (TPSA) is 101 Å². The molecular formula is C11H12N4O3S. The number of hydrogen-bond acceptors (Lipinski definition) is 5. The normalized spacial score (nSPS) is 10.6. The molecule has 0 amide bonds. The van der Waals surface area contributed by atoms with Crippen molar-refractivity contribution in [3.63, 3.8) is 0 Å². The molecule has 100 valence electrons. The highest BCUT2D eigenvalue weighted by atomic mass is 32.2. The third-order valence-electron chi connectivity index (χ3n) is 2.38. The van der Waals surface area contributed by atoms with Crippen LogP contribution in [0.25, 0.3) is 0 Å². The maximum absolute atomic E-state index is 11.5. The summed E-state index contributed by atoms with van der Waals surface area (Å²) < 4.78 is 1.48. The Balaban J connectivity index is 2.37. The van der Waals surface area contributed by atoms with E-state index in [-0.39, 0.29) is 11.3 Å². The van der Waals surface area contributed by atoms with Gasteiger partial charge in [0, 0.05) is 23.8 Å². The summed E-state index contributed by atoms with van der Waals surface area (Å²) in [7, 11) is 0. The molecule has 2 aromatic heterocycles. The number of rotatable bonds is 5. The molecule has 0 atom stereocenters. The predicted octanol–water partition coefficient (Wildman–Crippen LogP) is 1.23. The third kappa shape index (κ3) is 2.84. The maximum Gasteiger partial charge on any atom is 0.343 e. The summed E-state index contributed by atoms with van der Waals surface area (Å²) in [6.07, 6.45) is 3.57. The van der Waals surface area contributed by atoms with Gasteiger partial charge < -0.3 is 5.11 Å². The van der Waals surface area contributed by atoms with Crippen LogP contribution in [0, 0.1) is 0 Å². The van der Waals surface area contributed by atoms with E-state index < -0.39 is 5.97 Å². The zero-order valence-corrected chi connectivity index (χ0v) is 11.0. The lowest BCUT2D eigenvalue weighted by atomic mass is 10.3. The fourth-order valence-corrected chi connectivity index (χ4v) is 2.48. The average Bonchev–Trinajstić information content (AvgIpc) is 2.72. The van der Waals surface area contributed by atoms with E-state index in [1.165, 1.54) is 17.0 Å². The van der Waals surface area contributed by atoms with Crippen molar-refractivity contribution in [2.24, 2.45) is 0 Å². The van der Waals surface area contributed by atoms with Gasteiger partial charge in [0.2, 0.25) is 0 Å². The van der Waals surface area contributed by atoms with Crippen molar-refractivity contribution in [3.05, 3.63) is 34.5 Å². The molecular weight excluding hydrogens is 268 g/mol. The van der Waals surface area contributed by atoms with Crippen LogP contribution in [0.2, 0.25) is 0 Å². The lowest BCUT2D eigenvalue weighted by Gasteiger charge is -2.05. The summed E-state index contributed by atoms with van der Waals surface area (Å²) in [4.78, 5) is 26.9. The first kappa shape index (κ1) is 13.3. The van der Waals surface area contributed by atoms with Crippen LogP contribution in [0.4, 0.5) is 0 Å². The van der Waals surface area contributed by atoms with Gasteiger partial charge in [0.1, 0.15) is 0 Å². The van der Waals surface area contributed by atoms with Gasteiger partial charge in [-0.15, -0.1) is 5.10 Å². The van der Waals surface area contributed by atoms with Crippen LogP contribution in [0.15, 0.2) is 33.3 Å². The molecule has 0 unspecified atom stereocenters. The number of nitrogens with zero attached hydrogens (tertiary/aromatic N) is 3. The molecule has 0 aliphatic heterocycles. The van der Waals surface area contributed by atoms with Crippen LogP contribution in [-0.2, 0) is 6.54 Å². The molecule has 7 nitrogen and oxygen atoms in total. The summed E-state index contributed by atoms with van der Waals surface area (Å²) in [6, 6.07) is 1.59. The van der Waals surface area contributed by atoms with Crippen molar-refractivity contribution >= 4 is 17.7 Å². The van der Waals surface area contributed by atoms with Crippen LogP contribution >= 0.6 is 11.8 Å². The van der Waals surface area contributed by atoms with E-state index in [0.717, 1.165) is 18.2 Å². The van der Waals surface area contributed by atoms with Gasteiger partial charge in [0.15, 0.2) is 5.16 Å². The minimum atomic E-state index is -1.06. The van der Waals surface area contributed by atoms with Crippen molar-refractivity contribution in [2.45, 2.75) is 29.9 Å². The first-order valence-corrected chi connectivity index (χ1v) is 6.45. The smallest absolute Gasteiger partial charge is 0.343 e. The zero-order chi connectivity index (χ0) is 13.8. The molecule has 0 aliphatic carbocycles. The molecule has 0 spiro atoms. The second-order valence-corrected chi connectivity index (χ2v) is 4.75. The number of pyridine rings is 1. The molecule has 8 heteroatoms. The van der Waals surface area contributed by atoms with Crippen LogP contribution in [0.3, 0.4) is 0 Å². The van der Waals surface area contributed by atoms with Crippen molar-refractivity contribution in [3.8, 4) is 0 Å². The molecule has 0 aliphatic rings. The van der Waals surface area contributed by atoms with Gasteiger partial charge in [-0.05, 0) is 24.2 Å². The molecule has 0 radical (unpaired) electrons. The number of H-pyrrole nitrogens is 1. The second kappa shape index (κ2) is 5.70. The van der Waals surface area contributed by atoms with E-state index in [0.29, 0.717) is 16.6 Å². The number of carboxylic acids is 1. The van der Waals surface area contributed by atoms with Crippen LogP contribution in [0.5, 0.6) is 0 Å². The van der Waals surface area contributed by atoms with Crippen molar-refractivity contribution < 1.29 is 9.90 Å². The Kier molecular flexibility index (Phi) is 4.00. The highest BCUT2D eigenvalue weighted by molar-refractivity contribution is 7.99. The Bertz CT molecular complexity index is 649. The van der Waals surface area contributed by atoms with Crippen LogP contribution < -0.4 is 5.69 Å². The van der Waals surface area contributed by atoms with Gasteiger partial charge >= 0.3 is 11.7 Å². The van der Waals surface area contributed by atoms with E-state index >= 15 is 0 Å². The first-order chi connectivity index (χ1) is 9.13. The summed E-state index contributed by atoms with van der Waals surface area (Å²) in [6.45, 7) is 2.48. The fraction of sp³-hybridized carbons (Fsp3) is 0.273. The summed E-state index contributed by atoms with van der Waals surface area (Å²) in [5, 5.41) is 15.8.